The van der Waals surface area contributed by atoms with Crippen molar-refractivity contribution < 1.29 is 50.6 Å². The minimum atomic E-state index is -1.03. The summed E-state index contributed by atoms with van der Waals surface area (Å²) in [6.45, 7) is 0. The maximum atomic E-state index is 10.1. The average Bonchev–Trinajstić information content (AvgIpc) is 2.03. The molecule has 0 aliphatic carbocycles. The third kappa shape index (κ3) is 4.27. The fourth-order valence-electron chi connectivity index (χ4n) is 0.790. The van der Waals surface area contributed by atoms with E-state index < -0.39 is 5.97 Å². The van der Waals surface area contributed by atoms with Gasteiger partial charge >= 0.3 is 5.97 Å². The van der Waals surface area contributed by atoms with Crippen molar-refractivity contribution in [3.63, 3.8) is 0 Å². The van der Waals surface area contributed by atoms with Crippen molar-refractivity contribution in [3.05, 3.63) is 35.9 Å². The molecule has 0 heterocycles. The van der Waals surface area contributed by atoms with Crippen molar-refractivity contribution in [2.75, 3.05) is 0 Å². The standard InChI is InChI=1S/C9H8O3.La/c10-8-4-2-1-3-7(8)5-6-9(11)12;/h1-6,10H,(H,11,12);/b6-5+;. The number of phenolic OH excluding ortho intramolecular Hbond substituents is 1. The molecule has 3 nitrogen and oxygen atoms in total. The van der Waals surface area contributed by atoms with Gasteiger partial charge in [0.15, 0.2) is 0 Å². The normalized spacial score (nSPS) is 9.54. The number of carboxylic acid groups (broad SMARTS) is 1. The van der Waals surface area contributed by atoms with Crippen LogP contribution in [0.3, 0.4) is 0 Å². The maximum absolute atomic E-state index is 10.1. The zero-order valence-corrected chi connectivity index (χ0v) is 10.5. The third-order valence-electron chi connectivity index (χ3n) is 1.34. The molecule has 65 valence electrons. The summed E-state index contributed by atoms with van der Waals surface area (Å²) >= 11 is 0. The van der Waals surface area contributed by atoms with E-state index in [-0.39, 0.29) is 41.3 Å². The third-order valence-corrected chi connectivity index (χ3v) is 1.34. The summed E-state index contributed by atoms with van der Waals surface area (Å²) in [6.07, 6.45) is 2.33. The van der Waals surface area contributed by atoms with Gasteiger partial charge in [-0.05, 0) is 12.1 Å². The molecular weight excluding hydrogens is 295 g/mol. The van der Waals surface area contributed by atoms with Crippen LogP contribution < -0.4 is 0 Å². The van der Waals surface area contributed by atoms with E-state index in [1.165, 1.54) is 12.1 Å². The monoisotopic (exact) mass is 303 g/mol. The van der Waals surface area contributed by atoms with Crippen molar-refractivity contribution in [2.45, 2.75) is 0 Å². The van der Waals surface area contributed by atoms with Crippen LogP contribution in [0.1, 0.15) is 5.56 Å². The minimum Gasteiger partial charge on any atom is -0.507 e. The molecule has 4 heteroatoms. The number of aromatic hydroxyl groups is 1. The molecule has 1 aromatic rings. The number of para-hydroxylation sites is 1. The largest absolute Gasteiger partial charge is 0.507 e. The molecule has 0 aromatic heterocycles. The number of carboxylic acids is 1. The predicted octanol–water partition coefficient (Wildman–Crippen LogP) is 1.49. The van der Waals surface area contributed by atoms with Crippen molar-refractivity contribution in [2.24, 2.45) is 0 Å². The summed E-state index contributed by atoms with van der Waals surface area (Å²) in [7, 11) is 0. The van der Waals surface area contributed by atoms with E-state index in [1.807, 2.05) is 0 Å². The van der Waals surface area contributed by atoms with E-state index in [0.29, 0.717) is 5.56 Å². The van der Waals surface area contributed by atoms with Crippen LogP contribution in [0, 0.1) is 35.6 Å². The van der Waals surface area contributed by atoms with Crippen molar-refractivity contribution in [1.82, 2.24) is 0 Å². The van der Waals surface area contributed by atoms with Gasteiger partial charge in [-0.25, -0.2) is 4.79 Å². The van der Waals surface area contributed by atoms with Crippen LogP contribution in [0.5, 0.6) is 5.75 Å². The first-order valence-electron chi connectivity index (χ1n) is 3.39. The van der Waals surface area contributed by atoms with Crippen LogP contribution in [-0.2, 0) is 4.79 Å². The molecule has 0 saturated heterocycles. The number of carbonyl (C=O) groups is 1. The number of rotatable bonds is 2. The van der Waals surface area contributed by atoms with Gasteiger partial charge in [0.05, 0.1) is 0 Å². The molecule has 0 aliphatic heterocycles. The molecule has 1 aromatic carbocycles. The van der Waals surface area contributed by atoms with E-state index >= 15 is 0 Å². The molecule has 0 spiro atoms. The summed E-state index contributed by atoms with van der Waals surface area (Å²) in [4.78, 5) is 10.1. The zero-order chi connectivity index (χ0) is 8.97. The summed E-state index contributed by atoms with van der Waals surface area (Å²) in [6, 6.07) is 6.53. The number of hydrogen-bond donors (Lipinski definition) is 2. The SMILES string of the molecule is O=C(O)/C=C/c1ccccc1O.[La]. The Morgan fingerprint density at radius 1 is 1.31 bits per heavy atom. The van der Waals surface area contributed by atoms with Gasteiger partial charge in [-0.3, -0.25) is 0 Å². The molecular formula is C9H8LaO3. The van der Waals surface area contributed by atoms with Gasteiger partial charge in [0.1, 0.15) is 5.75 Å². The van der Waals surface area contributed by atoms with Gasteiger partial charge in [0.2, 0.25) is 0 Å². The van der Waals surface area contributed by atoms with Crippen LogP contribution >= 0.6 is 0 Å². The number of hydrogen-bond acceptors (Lipinski definition) is 2. The maximum Gasteiger partial charge on any atom is 0.328 e. The Labute approximate surface area is 104 Å². The predicted molar refractivity (Wildman–Crippen MR) is 44.8 cm³/mol. The Bertz CT molecular complexity index is 320. The quantitative estimate of drug-likeness (QED) is 0.814. The Morgan fingerprint density at radius 2 is 1.92 bits per heavy atom. The Hall–Kier alpha value is -0.575. The first-order valence-corrected chi connectivity index (χ1v) is 3.39. The van der Waals surface area contributed by atoms with Gasteiger partial charge in [-0.1, -0.05) is 18.2 Å². The average molecular weight is 303 g/mol. The molecule has 1 radical (unpaired) electrons. The molecule has 0 bridgehead atoms. The topological polar surface area (TPSA) is 57.5 Å². The Morgan fingerprint density at radius 3 is 2.46 bits per heavy atom. The van der Waals surface area contributed by atoms with Gasteiger partial charge in [-0.2, -0.15) is 0 Å². The molecule has 0 amide bonds. The molecule has 1 rings (SSSR count). The van der Waals surface area contributed by atoms with E-state index in [2.05, 4.69) is 0 Å². The number of phenols is 1. The first kappa shape index (κ1) is 12.4. The van der Waals surface area contributed by atoms with E-state index in [1.54, 1.807) is 18.2 Å². The van der Waals surface area contributed by atoms with Crippen LogP contribution in [0.25, 0.3) is 6.08 Å². The van der Waals surface area contributed by atoms with Crippen molar-refractivity contribution >= 4 is 12.0 Å². The molecule has 0 fully saturated rings. The summed E-state index contributed by atoms with van der Waals surface area (Å²) in [5, 5.41) is 17.5. The molecule has 0 aliphatic rings. The molecule has 0 unspecified atom stereocenters. The van der Waals surface area contributed by atoms with Crippen LogP contribution in [-0.4, -0.2) is 16.2 Å². The molecule has 0 saturated carbocycles. The Kier molecular flexibility index (Phi) is 5.70. The fourth-order valence-corrected chi connectivity index (χ4v) is 0.790. The molecule has 13 heavy (non-hydrogen) atoms. The van der Waals surface area contributed by atoms with Crippen LogP contribution in [0.15, 0.2) is 30.3 Å². The Balaban J connectivity index is 0.00000144. The minimum absolute atomic E-state index is 0. The van der Waals surface area contributed by atoms with E-state index in [4.69, 9.17) is 5.11 Å². The second-order valence-corrected chi connectivity index (χ2v) is 2.23. The van der Waals surface area contributed by atoms with Gasteiger partial charge in [-0.15, -0.1) is 0 Å². The second kappa shape index (κ2) is 5.97. The first-order chi connectivity index (χ1) is 5.70. The van der Waals surface area contributed by atoms with Crippen LogP contribution in [0.4, 0.5) is 0 Å². The molecule has 2 N–H and O–H groups in total. The summed E-state index contributed by atoms with van der Waals surface area (Å²) in [5.41, 5.74) is 0.500. The summed E-state index contributed by atoms with van der Waals surface area (Å²) < 4.78 is 0. The second-order valence-electron chi connectivity index (χ2n) is 2.23. The van der Waals surface area contributed by atoms with Gasteiger partial charge in [0, 0.05) is 47.2 Å². The zero-order valence-electron chi connectivity index (χ0n) is 6.84. The van der Waals surface area contributed by atoms with Gasteiger partial charge in [0.25, 0.3) is 0 Å². The van der Waals surface area contributed by atoms with E-state index in [9.17, 15) is 9.90 Å². The smallest absolute Gasteiger partial charge is 0.328 e. The number of aliphatic carboxylic acids is 1. The van der Waals surface area contributed by atoms with E-state index in [0.717, 1.165) is 6.08 Å². The summed E-state index contributed by atoms with van der Waals surface area (Å²) in [5.74, 6) is -0.951. The number of benzene rings is 1. The fraction of sp³-hybridized carbons (Fsp3) is 0. The van der Waals surface area contributed by atoms with Gasteiger partial charge < -0.3 is 10.2 Å². The van der Waals surface area contributed by atoms with Crippen molar-refractivity contribution in [1.29, 1.82) is 0 Å². The van der Waals surface area contributed by atoms with Crippen molar-refractivity contribution in [3.8, 4) is 5.75 Å². The van der Waals surface area contributed by atoms with Crippen LogP contribution in [0.2, 0.25) is 0 Å². The molecule has 0 atom stereocenters.